The highest BCUT2D eigenvalue weighted by Crippen LogP contribution is 2.42. The molecule has 1 aliphatic rings. The van der Waals surface area contributed by atoms with Crippen LogP contribution in [-0.4, -0.2) is 34.6 Å². The molecule has 2 aromatic carbocycles. The van der Waals surface area contributed by atoms with E-state index in [1.807, 2.05) is 0 Å². The fourth-order valence-corrected chi connectivity index (χ4v) is 4.16. The van der Waals surface area contributed by atoms with Crippen LogP contribution in [0.5, 0.6) is 0 Å². The van der Waals surface area contributed by atoms with Crippen molar-refractivity contribution in [1.29, 1.82) is 0 Å². The summed E-state index contributed by atoms with van der Waals surface area (Å²) in [6, 6.07) is 6.70. The van der Waals surface area contributed by atoms with Crippen LogP contribution in [0.2, 0.25) is 0 Å². The number of benzene rings is 2. The SMILES string of the molecule is C[C@H](O[C@H]1OCCN(c2ncn[nH]2)[C@@]1(C)c1ccc(F)cc1)c1cc(C(F)(F)F)cc(C(F)(F)F)c1. The Hall–Kier alpha value is -3.19. The zero-order valence-corrected chi connectivity index (χ0v) is 19.0. The van der Waals surface area contributed by atoms with Crippen LogP contribution >= 0.6 is 0 Å². The molecule has 6 nitrogen and oxygen atoms in total. The predicted octanol–water partition coefficient (Wildman–Crippen LogP) is 5.84. The highest BCUT2D eigenvalue weighted by atomic mass is 19.4. The average molecular weight is 518 g/mol. The van der Waals surface area contributed by atoms with Gasteiger partial charge in [0.15, 0.2) is 6.29 Å². The number of aromatic nitrogens is 3. The number of alkyl halides is 6. The van der Waals surface area contributed by atoms with Crippen LogP contribution in [0.15, 0.2) is 48.8 Å². The van der Waals surface area contributed by atoms with Gasteiger partial charge in [-0.25, -0.2) is 9.49 Å². The molecule has 1 fully saturated rings. The second-order valence-corrected chi connectivity index (χ2v) is 8.44. The maximum Gasteiger partial charge on any atom is 0.416 e. The normalized spacial score (nSPS) is 22.0. The predicted molar refractivity (Wildman–Crippen MR) is 113 cm³/mol. The lowest BCUT2D eigenvalue weighted by Gasteiger charge is -2.49. The first kappa shape index (κ1) is 25.9. The number of anilines is 1. The minimum atomic E-state index is -5.00. The number of aromatic amines is 1. The first-order chi connectivity index (χ1) is 16.8. The Morgan fingerprint density at radius 3 is 2.19 bits per heavy atom. The zero-order valence-electron chi connectivity index (χ0n) is 19.0. The Kier molecular flexibility index (Phi) is 6.73. The fourth-order valence-electron chi connectivity index (χ4n) is 4.16. The molecule has 1 aromatic heterocycles. The molecule has 0 radical (unpaired) electrons. The summed E-state index contributed by atoms with van der Waals surface area (Å²) in [5.74, 6) is -0.176. The molecule has 13 heteroatoms. The second kappa shape index (κ2) is 9.36. The van der Waals surface area contributed by atoms with Crippen molar-refractivity contribution in [2.45, 2.75) is 44.1 Å². The second-order valence-electron chi connectivity index (χ2n) is 8.44. The van der Waals surface area contributed by atoms with Gasteiger partial charge < -0.3 is 14.4 Å². The third kappa shape index (κ3) is 5.03. The van der Waals surface area contributed by atoms with E-state index >= 15 is 0 Å². The molecule has 3 atom stereocenters. The third-order valence-corrected chi connectivity index (χ3v) is 6.10. The molecule has 1 saturated heterocycles. The van der Waals surface area contributed by atoms with Crippen molar-refractivity contribution in [3.63, 3.8) is 0 Å². The number of hydrogen-bond donors (Lipinski definition) is 1. The first-order valence-electron chi connectivity index (χ1n) is 10.8. The standard InChI is InChI=1S/C23H21F7N4O2/c1-13(14-9-16(22(25,26)27)11-17(10-14)23(28,29)30)36-19-21(2,15-3-5-18(24)6-4-15)34(7-8-35-19)20-31-12-32-33-20/h3-6,9-13,19H,7-8H2,1-2H3,(H,31,32,33)/t13-,19+,21-/m0/s1. The van der Waals surface area contributed by atoms with Gasteiger partial charge in [0.2, 0.25) is 5.95 Å². The van der Waals surface area contributed by atoms with E-state index in [2.05, 4.69) is 15.2 Å². The average Bonchev–Trinajstić information content (AvgIpc) is 3.34. The molecule has 1 N–H and O–H groups in total. The maximum absolute atomic E-state index is 13.7. The van der Waals surface area contributed by atoms with Gasteiger partial charge in [-0.2, -0.15) is 36.4 Å². The van der Waals surface area contributed by atoms with E-state index in [1.54, 1.807) is 11.8 Å². The number of ether oxygens (including phenoxy) is 2. The molecule has 0 saturated carbocycles. The van der Waals surface area contributed by atoms with Crippen LogP contribution in [0.4, 0.5) is 36.7 Å². The summed E-state index contributed by atoms with van der Waals surface area (Å²) in [5, 5.41) is 6.56. The summed E-state index contributed by atoms with van der Waals surface area (Å²) in [6.45, 7) is 3.41. The molecule has 0 unspecified atom stereocenters. The van der Waals surface area contributed by atoms with Gasteiger partial charge in [0.1, 0.15) is 17.7 Å². The summed E-state index contributed by atoms with van der Waals surface area (Å²) < 4.78 is 106. The molecule has 194 valence electrons. The summed E-state index contributed by atoms with van der Waals surface area (Å²) >= 11 is 0. The van der Waals surface area contributed by atoms with Crippen LogP contribution in [0.3, 0.4) is 0 Å². The van der Waals surface area contributed by atoms with Gasteiger partial charge in [-0.05, 0) is 55.3 Å². The van der Waals surface area contributed by atoms with Gasteiger partial charge in [-0.3, -0.25) is 0 Å². The molecule has 3 aromatic rings. The van der Waals surface area contributed by atoms with Crippen LogP contribution in [0.25, 0.3) is 0 Å². The van der Waals surface area contributed by atoms with Crippen LogP contribution in [-0.2, 0) is 27.4 Å². The topological polar surface area (TPSA) is 63.3 Å². The van der Waals surface area contributed by atoms with Gasteiger partial charge >= 0.3 is 12.4 Å². The number of morpholine rings is 1. The Bertz CT molecular complexity index is 1150. The summed E-state index contributed by atoms with van der Waals surface area (Å²) in [6.07, 6.45) is -11.2. The van der Waals surface area contributed by atoms with E-state index in [4.69, 9.17) is 9.47 Å². The summed E-state index contributed by atoms with van der Waals surface area (Å²) in [4.78, 5) is 5.89. The first-order valence-corrected chi connectivity index (χ1v) is 10.8. The molecule has 0 aliphatic carbocycles. The maximum atomic E-state index is 13.7. The van der Waals surface area contributed by atoms with Crippen molar-refractivity contribution in [3.8, 4) is 0 Å². The Balaban J connectivity index is 1.74. The molecule has 1 aliphatic heterocycles. The lowest BCUT2D eigenvalue weighted by atomic mass is 9.87. The number of hydrogen-bond acceptors (Lipinski definition) is 5. The lowest BCUT2D eigenvalue weighted by molar-refractivity contribution is -0.217. The van der Waals surface area contributed by atoms with E-state index in [0.717, 1.165) is 0 Å². The van der Waals surface area contributed by atoms with Gasteiger partial charge in [-0.1, -0.05) is 12.1 Å². The van der Waals surface area contributed by atoms with Crippen LogP contribution in [0.1, 0.15) is 42.2 Å². The quantitative estimate of drug-likeness (QED) is 0.431. The third-order valence-electron chi connectivity index (χ3n) is 6.10. The number of halogens is 7. The molecule has 2 heterocycles. The van der Waals surface area contributed by atoms with Crippen molar-refractivity contribution >= 4 is 5.95 Å². The zero-order chi connectivity index (χ0) is 26.3. The molecular formula is C23H21F7N4O2. The highest BCUT2D eigenvalue weighted by molar-refractivity contribution is 5.42. The van der Waals surface area contributed by atoms with Crippen LogP contribution < -0.4 is 4.90 Å². The van der Waals surface area contributed by atoms with E-state index in [9.17, 15) is 30.7 Å². The monoisotopic (exact) mass is 518 g/mol. The fraction of sp³-hybridized carbons (Fsp3) is 0.391. The number of H-pyrrole nitrogens is 1. The van der Waals surface area contributed by atoms with Crippen molar-refractivity contribution in [2.75, 3.05) is 18.1 Å². The Morgan fingerprint density at radius 2 is 1.67 bits per heavy atom. The van der Waals surface area contributed by atoms with E-state index in [1.165, 1.54) is 37.5 Å². The van der Waals surface area contributed by atoms with E-state index in [0.29, 0.717) is 30.2 Å². The number of nitrogens with one attached hydrogen (secondary N) is 1. The van der Waals surface area contributed by atoms with Gasteiger partial charge in [0.05, 0.1) is 23.8 Å². The molecule has 36 heavy (non-hydrogen) atoms. The molecule has 0 amide bonds. The van der Waals surface area contributed by atoms with Crippen molar-refractivity contribution < 1.29 is 40.2 Å². The lowest BCUT2D eigenvalue weighted by Crippen LogP contribution is -2.60. The van der Waals surface area contributed by atoms with Crippen molar-refractivity contribution in [2.24, 2.45) is 0 Å². The van der Waals surface area contributed by atoms with Gasteiger partial charge in [0, 0.05) is 6.54 Å². The van der Waals surface area contributed by atoms with E-state index in [-0.39, 0.29) is 18.2 Å². The Labute approximate surface area is 201 Å². The highest BCUT2D eigenvalue weighted by Gasteiger charge is 2.48. The van der Waals surface area contributed by atoms with Crippen LogP contribution in [0, 0.1) is 5.82 Å². The molecular weight excluding hydrogens is 497 g/mol. The largest absolute Gasteiger partial charge is 0.416 e. The molecule has 4 rings (SSSR count). The van der Waals surface area contributed by atoms with Gasteiger partial charge in [-0.15, -0.1) is 0 Å². The molecule has 0 bridgehead atoms. The van der Waals surface area contributed by atoms with Crippen molar-refractivity contribution in [1.82, 2.24) is 15.2 Å². The summed E-state index contributed by atoms with van der Waals surface area (Å²) in [5.41, 5.74) is -3.93. The summed E-state index contributed by atoms with van der Waals surface area (Å²) in [7, 11) is 0. The Morgan fingerprint density at radius 1 is 1.06 bits per heavy atom. The minimum absolute atomic E-state index is 0.0571. The molecule has 0 spiro atoms. The number of rotatable bonds is 5. The smallest absolute Gasteiger partial charge is 0.348 e. The van der Waals surface area contributed by atoms with Crippen molar-refractivity contribution in [3.05, 3.63) is 76.9 Å². The minimum Gasteiger partial charge on any atom is -0.348 e. The van der Waals surface area contributed by atoms with Gasteiger partial charge in [0.25, 0.3) is 0 Å². The number of nitrogens with zero attached hydrogens (tertiary/aromatic N) is 3. The van der Waals surface area contributed by atoms with E-state index < -0.39 is 47.2 Å².